The van der Waals surface area contributed by atoms with Crippen LogP contribution in [0.3, 0.4) is 0 Å². The molecule has 1 heterocycles. The lowest BCUT2D eigenvalue weighted by atomic mass is 10.1. The number of rotatable bonds is 3. The van der Waals surface area contributed by atoms with E-state index in [1.807, 2.05) is 0 Å². The van der Waals surface area contributed by atoms with Crippen LogP contribution in [0, 0.1) is 11.3 Å². The average Bonchev–Trinajstić information content (AvgIpc) is 2.80. The fraction of sp³-hybridized carbons (Fsp3) is 0.455. The second kappa shape index (κ2) is 4.03. The van der Waals surface area contributed by atoms with E-state index < -0.39 is 10.0 Å². The van der Waals surface area contributed by atoms with Gasteiger partial charge in [0.05, 0.1) is 0 Å². The van der Waals surface area contributed by atoms with Crippen LogP contribution in [0.1, 0.15) is 25.3 Å². The highest BCUT2D eigenvalue weighted by Crippen LogP contribution is 2.63. The SMILES string of the molecule is CC1(C)C(C=NO)C1c1ccc(S(N)(=O)=O)nc1. The Morgan fingerprint density at radius 3 is 2.61 bits per heavy atom. The Morgan fingerprint density at radius 2 is 2.17 bits per heavy atom. The Hall–Kier alpha value is -1.47. The van der Waals surface area contributed by atoms with Crippen molar-refractivity contribution in [3.8, 4) is 0 Å². The Morgan fingerprint density at radius 1 is 1.50 bits per heavy atom. The molecule has 1 aromatic rings. The first-order valence-electron chi connectivity index (χ1n) is 5.45. The maximum Gasteiger partial charge on any atom is 0.255 e. The number of sulfonamides is 1. The van der Waals surface area contributed by atoms with E-state index in [0.717, 1.165) is 5.56 Å². The molecule has 1 saturated carbocycles. The van der Waals surface area contributed by atoms with E-state index in [0.29, 0.717) is 0 Å². The van der Waals surface area contributed by atoms with Crippen LogP contribution in [0.15, 0.2) is 28.5 Å². The summed E-state index contributed by atoms with van der Waals surface area (Å²) in [5.74, 6) is 0.306. The number of nitrogens with zero attached hydrogens (tertiary/aromatic N) is 2. The minimum Gasteiger partial charge on any atom is -0.411 e. The molecule has 1 aromatic heterocycles. The molecule has 2 unspecified atom stereocenters. The molecule has 0 aliphatic heterocycles. The van der Waals surface area contributed by atoms with Crippen LogP contribution in [0.4, 0.5) is 0 Å². The van der Waals surface area contributed by atoms with Gasteiger partial charge in [-0.05, 0) is 23.0 Å². The van der Waals surface area contributed by atoms with Crippen LogP contribution in [-0.4, -0.2) is 24.8 Å². The molecular weight excluding hydrogens is 254 g/mol. The van der Waals surface area contributed by atoms with Crippen LogP contribution in [0.5, 0.6) is 0 Å². The first kappa shape index (κ1) is 13.0. The molecule has 98 valence electrons. The van der Waals surface area contributed by atoms with E-state index in [-0.39, 0.29) is 22.3 Å². The first-order chi connectivity index (χ1) is 8.28. The summed E-state index contributed by atoms with van der Waals surface area (Å²) in [6.45, 7) is 4.11. The summed E-state index contributed by atoms with van der Waals surface area (Å²) in [5.41, 5.74) is 0.897. The van der Waals surface area contributed by atoms with Gasteiger partial charge in [-0.15, -0.1) is 5.16 Å². The molecule has 1 fully saturated rings. The zero-order valence-electron chi connectivity index (χ0n) is 10.1. The summed E-state index contributed by atoms with van der Waals surface area (Å²) in [6, 6.07) is 3.09. The quantitative estimate of drug-likeness (QED) is 0.483. The number of hydrogen-bond acceptors (Lipinski definition) is 5. The zero-order chi connectivity index (χ0) is 13.6. The second-order valence-corrected chi connectivity index (χ2v) is 6.57. The van der Waals surface area contributed by atoms with E-state index >= 15 is 0 Å². The minimum atomic E-state index is -3.75. The first-order valence-corrected chi connectivity index (χ1v) is 6.99. The monoisotopic (exact) mass is 269 g/mol. The van der Waals surface area contributed by atoms with Crippen molar-refractivity contribution in [2.75, 3.05) is 0 Å². The number of primary sulfonamides is 1. The van der Waals surface area contributed by atoms with E-state index in [1.165, 1.54) is 18.5 Å². The number of aromatic nitrogens is 1. The van der Waals surface area contributed by atoms with Crippen LogP contribution in [-0.2, 0) is 10.0 Å². The fourth-order valence-electron chi connectivity index (χ4n) is 2.41. The Balaban J connectivity index is 2.27. The van der Waals surface area contributed by atoms with Crippen LogP contribution < -0.4 is 5.14 Å². The third kappa shape index (κ3) is 2.11. The Kier molecular flexibility index (Phi) is 2.90. The second-order valence-electron chi connectivity index (χ2n) is 5.06. The molecular formula is C11H15N3O3S. The van der Waals surface area contributed by atoms with Gasteiger partial charge in [-0.3, -0.25) is 0 Å². The van der Waals surface area contributed by atoms with Crippen molar-refractivity contribution in [3.63, 3.8) is 0 Å². The topological polar surface area (TPSA) is 106 Å². The normalized spacial score (nSPS) is 26.4. The van der Waals surface area contributed by atoms with E-state index in [9.17, 15) is 8.42 Å². The minimum absolute atomic E-state index is 0.0168. The van der Waals surface area contributed by atoms with E-state index in [4.69, 9.17) is 10.3 Å². The molecule has 0 amide bonds. The maximum absolute atomic E-state index is 11.1. The zero-order valence-corrected chi connectivity index (χ0v) is 10.9. The Bertz CT molecular complexity index is 578. The predicted octanol–water partition coefficient (Wildman–Crippen LogP) is 0.929. The van der Waals surface area contributed by atoms with Crippen molar-refractivity contribution in [2.24, 2.45) is 21.6 Å². The lowest BCUT2D eigenvalue weighted by Crippen LogP contribution is -2.13. The van der Waals surface area contributed by atoms with Crippen molar-refractivity contribution in [3.05, 3.63) is 23.9 Å². The van der Waals surface area contributed by atoms with E-state index in [1.54, 1.807) is 6.07 Å². The molecule has 7 heteroatoms. The van der Waals surface area contributed by atoms with Crippen molar-refractivity contribution < 1.29 is 13.6 Å². The lowest BCUT2D eigenvalue weighted by Gasteiger charge is -2.03. The smallest absolute Gasteiger partial charge is 0.255 e. The number of oxime groups is 1. The average molecular weight is 269 g/mol. The standard InChI is InChI=1S/C11H15N3O3S/c1-11(2)8(6-14-15)10(11)7-3-4-9(13-5-7)18(12,16)17/h3-6,8,10,15H,1-2H3,(H2,12,16,17). The van der Waals surface area contributed by atoms with Gasteiger partial charge in [-0.1, -0.05) is 19.9 Å². The maximum atomic E-state index is 11.1. The Labute approximate surface area is 106 Å². The summed E-state index contributed by atoms with van der Waals surface area (Å²) in [6.07, 6.45) is 3.01. The van der Waals surface area contributed by atoms with Gasteiger partial charge in [0.15, 0.2) is 5.03 Å². The lowest BCUT2D eigenvalue weighted by molar-refractivity contribution is 0.319. The van der Waals surface area contributed by atoms with Gasteiger partial charge < -0.3 is 5.21 Å². The fourth-order valence-corrected chi connectivity index (χ4v) is 2.87. The van der Waals surface area contributed by atoms with Crippen molar-refractivity contribution in [1.29, 1.82) is 0 Å². The molecule has 6 nitrogen and oxygen atoms in total. The molecule has 18 heavy (non-hydrogen) atoms. The van der Waals surface area contributed by atoms with Gasteiger partial charge in [-0.25, -0.2) is 18.5 Å². The summed E-state index contributed by atoms with van der Waals surface area (Å²) < 4.78 is 22.2. The number of pyridine rings is 1. The van der Waals surface area contributed by atoms with E-state index in [2.05, 4.69) is 24.0 Å². The number of nitrogens with two attached hydrogens (primary N) is 1. The van der Waals surface area contributed by atoms with Gasteiger partial charge in [0.1, 0.15) is 0 Å². The molecule has 0 bridgehead atoms. The van der Waals surface area contributed by atoms with Crippen molar-refractivity contribution >= 4 is 16.2 Å². The molecule has 1 aliphatic rings. The molecule has 2 rings (SSSR count). The van der Waals surface area contributed by atoms with Gasteiger partial charge in [-0.2, -0.15) is 0 Å². The number of hydrogen-bond donors (Lipinski definition) is 2. The van der Waals surface area contributed by atoms with Crippen LogP contribution in [0.2, 0.25) is 0 Å². The van der Waals surface area contributed by atoms with Gasteiger partial charge in [0.25, 0.3) is 10.0 Å². The highest BCUT2D eigenvalue weighted by atomic mass is 32.2. The van der Waals surface area contributed by atoms with Crippen molar-refractivity contribution in [1.82, 2.24) is 4.98 Å². The molecule has 0 radical (unpaired) electrons. The third-order valence-corrected chi connectivity index (χ3v) is 4.37. The molecule has 1 aliphatic carbocycles. The van der Waals surface area contributed by atoms with Crippen LogP contribution in [0.25, 0.3) is 0 Å². The predicted molar refractivity (Wildman–Crippen MR) is 65.9 cm³/mol. The highest BCUT2D eigenvalue weighted by Gasteiger charge is 2.57. The molecule has 0 spiro atoms. The van der Waals surface area contributed by atoms with Crippen molar-refractivity contribution in [2.45, 2.75) is 24.8 Å². The summed E-state index contributed by atoms with van der Waals surface area (Å²) >= 11 is 0. The summed E-state index contributed by atoms with van der Waals surface area (Å²) in [5, 5.41) is 16.5. The molecule has 3 N–H and O–H groups in total. The molecule has 2 atom stereocenters. The third-order valence-electron chi connectivity index (χ3n) is 3.55. The van der Waals surface area contributed by atoms with Gasteiger partial charge in [0, 0.05) is 18.3 Å². The largest absolute Gasteiger partial charge is 0.411 e. The summed E-state index contributed by atoms with van der Waals surface area (Å²) in [4.78, 5) is 3.85. The van der Waals surface area contributed by atoms with Gasteiger partial charge >= 0.3 is 0 Å². The highest BCUT2D eigenvalue weighted by molar-refractivity contribution is 7.89. The molecule has 0 aromatic carbocycles. The molecule has 0 saturated heterocycles. The van der Waals surface area contributed by atoms with Crippen LogP contribution >= 0.6 is 0 Å². The summed E-state index contributed by atoms with van der Waals surface area (Å²) in [7, 11) is -3.75. The van der Waals surface area contributed by atoms with Gasteiger partial charge in [0.2, 0.25) is 0 Å².